The molecule has 2 aliphatic heterocycles. The topological polar surface area (TPSA) is 89.9 Å². The summed E-state index contributed by atoms with van der Waals surface area (Å²) in [6.07, 6.45) is -0.821. The van der Waals surface area contributed by atoms with Crippen molar-refractivity contribution in [2.45, 2.75) is 18.4 Å². The molecule has 0 radical (unpaired) electrons. The first-order valence-corrected chi connectivity index (χ1v) is 7.69. The van der Waals surface area contributed by atoms with Gasteiger partial charge in [0, 0.05) is 4.91 Å². The Bertz CT molecular complexity index is 649. The predicted molar refractivity (Wildman–Crippen MR) is 77.4 cm³/mol. The molecule has 0 unspecified atom stereocenters. The SMILES string of the molecule is C[C@@H](O)[C@H]1C(=O)N2C(C(=O)[O-])=C(COc3ccccc3)S[C@H]12.[Na+]. The van der Waals surface area contributed by atoms with Crippen molar-refractivity contribution in [3.63, 3.8) is 0 Å². The van der Waals surface area contributed by atoms with Crippen LogP contribution in [0.4, 0.5) is 0 Å². The molecule has 1 N–H and O–H groups in total. The maximum absolute atomic E-state index is 12.0. The van der Waals surface area contributed by atoms with Crippen LogP contribution in [0.25, 0.3) is 0 Å². The molecule has 23 heavy (non-hydrogen) atoms. The third-order valence-corrected chi connectivity index (χ3v) is 5.02. The molecular formula is C15H14NNaO5S. The smallest absolute Gasteiger partial charge is 0.543 e. The molecule has 1 aromatic carbocycles. The minimum Gasteiger partial charge on any atom is -0.543 e. The number of β-lactam (4-membered cyclic amide) rings is 1. The summed E-state index contributed by atoms with van der Waals surface area (Å²) >= 11 is 1.24. The molecule has 1 saturated heterocycles. The van der Waals surface area contributed by atoms with E-state index < -0.39 is 23.4 Å². The molecule has 0 saturated carbocycles. The van der Waals surface area contributed by atoms with Crippen LogP contribution >= 0.6 is 11.8 Å². The second-order valence-corrected chi connectivity index (χ2v) is 6.36. The van der Waals surface area contributed by atoms with E-state index in [2.05, 4.69) is 0 Å². The zero-order valence-corrected chi connectivity index (χ0v) is 15.6. The number of carbonyl (C=O) groups is 2. The number of fused-ring (bicyclic) bond motifs is 1. The van der Waals surface area contributed by atoms with Crippen LogP contribution in [-0.4, -0.2) is 40.0 Å². The van der Waals surface area contributed by atoms with Gasteiger partial charge in [-0.05, 0) is 19.1 Å². The number of carbonyl (C=O) groups excluding carboxylic acids is 2. The standard InChI is InChI=1S/C15H15NO5S.Na/c1-8(17)11-13(18)16-12(15(19)20)10(22-14(11)16)7-21-9-5-3-2-4-6-9;/h2-6,8,11,14,17H,7H2,1H3,(H,19,20);/q;+1/p-1/t8-,11+,14-;/m1./s1. The average molecular weight is 343 g/mol. The van der Waals surface area contributed by atoms with E-state index >= 15 is 0 Å². The molecule has 0 spiro atoms. The van der Waals surface area contributed by atoms with Gasteiger partial charge in [0.2, 0.25) is 5.91 Å². The van der Waals surface area contributed by atoms with Gasteiger partial charge in [-0.1, -0.05) is 30.0 Å². The summed E-state index contributed by atoms with van der Waals surface area (Å²) in [5, 5.41) is 20.6. The summed E-state index contributed by atoms with van der Waals surface area (Å²) < 4.78 is 5.56. The maximum Gasteiger partial charge on any atom is 1.00 e. The number of benzene rings is 1. The number of nitrogens with zero attached hydrogens (tertiary/aromatic N) is 1. The van der Waals surface area contributed by atoms with Crippen LogP contribution in [0.15, 0.2) is 40.9 Å². The largest absolute Gasteiger partial charge is 1.00 e. The number of hydrogen-bond donors (Lipinski definition) is 1. The van der Waals surface area contributed by atoms with Crippen molar-refractivity contribution in [1.82, 2.24) is 4.90 Å². The molecule has 116 valence electrons. The van der Waals surface area contributed by atoms with Gasteiger partial charge in [-0.15, -0.1) is 0 Å². The Morgan fingerprint density at radius 3 is 2.65 bits per heavy atom. The van der Waals surface area contributed by atoms with Gasteiger partial charge in [0.25, 0.3) is 0 Å². The molecule has 2 aliphatic rings. The molecular weight excluding hydrogens is 329 g/mol. The van der Waals surface area contributed by atoms with Gasteiger partial charge in [-0.3, -0.25) is 9.69 Å². The summed E-state index contributed by atoms with van der Waals surface area (Å²) in [4.78, 5) is 25.0. The van der Waals surface area contributed by atoms with Crippen molar-refractivity contribution in [1.29, 1.82) is 0 Å². The molecule has 8 heteroatoms. The van der Waals surface area contributed by atoms with E-state index in [1.165, 1.54) is 23.6 Å². The van der Waals surface area contributed by atoms with Crippen molar-refractivity contribution in [2.24, 2.45) is 5.92 Å². The first-order valence-electron chi connectivity index (χ1n) is 6.81. The number of carboxylic acids is 1. The molecule has 1 amide bonds. The average Bonchev–Trinajstić information content (AvgIpc) is 2.80. The van der Waals surface area contributed by atoms with Gasteiger partial charge >= 0.3 is 29.6 Å². The van der Waals surface area contributed by atoms with Crippen LogP contribution in [-0.2, 0) is 9.59 Å². The molecule has 3 rings (SSSR count). The number of para-hydroxylation sites is 1. The van der Waals surface area contributed by atoms with E-state index in [1.54, 1.807) is 12.1 Å². The van der Waals surface area contributed by atoms with E-state index in [4.69, 9.17) is 4.74 Å². The normalized spacial score (nSPS) is 23.7. The maximum atomic E-state index is 12.0. The number of ether oxygens (including phenoxy) is 1. The number of aliphatic hydroxyl groups excluding tert-OH is 1. The summed E-state index contributed by atoms with van der Waals surface area (Å²) in [5.41, 5.74) is -0.146. The van der Waals surface area contributed by atoms with E-state index in [1.807, 2.05) is 18.2 Å². The summed E-state index contributed by atoms with van der Waals surface area (Å²) in [6, 6.07) is 8.99. The van der Waals surface area contributed by atoms with Gasteiger partial charge in [-0.25, -0.2) is 0 Å². The van der Waals surface area contributed by atoms with Gasteiger partial charge in [0.05, 0.1) is 23.7 Å². The summed E-state index contributed by atoms with van der Waals surface area (Å²) in [7, 11) is 0. The van der Waals surface area contributed by atoms with E-state index in [0.717, 1.165) is 0 Å². The van der Waals surface area contributed by atoms with Crippen LogP contribution in [0.2, 0.25) is 0 Å². The molecule has 1 aromatic rings. The molecule has 0 bridgehead atoms. The molecule has 0 aromatic heterocycles. The summed E-state index contributed by atoms with van der Waals surface area (Å²) in [6.45, 7) is 1.57. The predicted octanol–water partition coefficient (Wildman–Crippen LogP) is -3.06. The van der Waals surface area contributed by atoms with E-state index in [-0.39, 0.29) is 47.8 Å². The monoisotopic (exact) mass is 343 g/mol. The Hall–Kier alpha value is -0.990. The minimum absolute atomic E-state index is 0. The second kappa shape index (κ2) is 7.27. The van der Waals surface area contributed by atoms with Crippen molar-refractivity contribution >= 4 is 23.6 Å². The fourth-order valence-electron chi connectivity index (χ4n) is 2.61. The molecule has 0 aliphatic carbocycles. The second-order valence-electron chi connectivity index (χ2n) is 5.14. The number of hydrogen-bond acceptors (Lipinski definition) is 6. The Morgan fingerprint density at radius 2 is 2.09 bits per heavy atom. The number of aliphatic carboxylic acids is 1. The number of carboxylic acid groups (broad SMARTS) is 1. The molecule has 6 nitrogen and oxygen atoms in total. The van der Waals surface area contributed by atoms with Crippen molar-refractivity contribution in [3.05, 3.63) is 40.9 Å². The third-order valence-electron chi connectivity index (χ3n) is 3.68. The minimum atomic E-state index is -1.40. The zero-order valence-electron chi connectivity index (χ0n) is 12.8. The van der Waals surface area contributed by atoms with Crippen LogP contribution < -0.4 is 39.4 Å². The third kappa shape index (κ3) is 3.29. The van der Waals surface area contributed by atoms with Crippen LogP contribution in [0.5, 0.6) is 5.75 Å². The molecule has 1 fully saturated rings. The van der Waals surface area contributed by atoms with E-state index in [0.29, 0.717) is 10.7 Å². The van der Waals surface area contributed by atoms with E-state index in [9.17, 15) is 19.8 Å². The van der Waals surface area contributed by atoms with Gasteiger partial charge < -0.3 is 19.7 Å². The fraction of sp³-hybridized carbons (Fsp3) is 0.333. The zero-order chi connectivity index (χ0) is 15.9. The first kappa shape index (κ1) is 18.4. The fourth-order valence-corrected chi connectivity index (χ4v) is 4.13. The number of rotatable bonds is 5. The van der Waals surface area contributed by atoms with Crippen LogP contribution in [0.1, 0.15) is 6.92 Å². The Morgan fingerprint density at radius 1 is 1.43 bits per heavy atom. The summed E-state index contributed by atoms with van der Waals surface area (Å²) in [5.74, 6) is -1.77. The Kier molecular flexibility index (Phi) is 5.80. The Labute approximate surface area is 159 Å². The number of aliphatic hydroxyl groups is 1. The number of thioether (sulfide) groups is 1. The van der Waals surface area contributed by atoms with Crippen molar-refractivity contribution in [2.75, 3.05) is 6.61 Å². The Balaban J connectivity index is 0.00000192. The van der Waals surface area contributed by atoms with Crippen molar-refractivity contribution < 1.29 is 54.1 Å². The molecule has 3 atom stereocenters. The van der Waals surface area contributed by atoms with Crippen molar-refractivity contribution in [3.8, 4) is 5.75 Å². The van der Waals surface area contributed by atoms with Crippen LogP contribution in [0, 0.1) is 5.92 Å². The van der Waals surface area contributed by atoms with Gasteiger partial charge in [0.15, 0.2) is 0 Å². The van der Waals surface area contributed by atoms with Crippen LogP contribution in [0.3, 0.4) is 0 Å². The number of amides is 1. The van der Waals surface area contributed by atoms with Gasteiger partial charge in [0.1, 0.15) is 17.7 Å². The molecule has 2 heterocycles. The quantitative estimate of drug-likeness (QED) is 0.451. The first-order chi connectivity index (χ1) is 10.5. The van der Waals surface area contributed by atoms with Gasteiger partial charge in [-0.2, -0.15) is 0 Å².